The molecule has 2 aromatic rings. The van der Waals surface area contributed by atoms with Gasteiger partial charge < -0.3 is 14.7 Å². The Morgan fingerprint density at radius 3 is 2.48 bits per heavy atom. The van der Waals surface area contributed by atoms with E-state index >= 15 is 0 Å². The van der Waals surface area contributed by atoms with Crippen LogP contribution in [0.3, 0.4) is 0 Å². The summed E-state index contributed by atoms with van der Waals surface area (Å²) >= 11 is 0. The molecule has 5 rings (SSSR count). The maximum atomic E-state index is 13.0. The monoisotopic (exact) mass is 393 g/mol. The van der Waals surface area contributed by atoms with Crippen LogP contribution in [0, 0.1) is 17.8 Å². The molecular weight excluding hydrogens is 366 g/mol. The van der Waals surface area contributed by atoms with Crippen LogP contribution in [0.25, 0.3) is 10.8 Å². The van der Waals surface area contributed by atoms with Crippen LogP contribution < -0.4 is 0 Å². The van der Waals surface area contributed by atoms with Gasteiger partial charge in [0.1, 0.15) is 0 Å². The lowest BCUT2D eigenvalue weighted by atomic mass is 9.84. The van der Waals surface area contributed by atoms with E-state index in [0.717, 1.165) is 32.4 Å². The van der Waals surface area contributed by atoms with E-state index in [4.69, 9.17) is 4.74 Å². The number of carbonyl (C=O) groups excluding carboxylic acids is 1. The van der Waals surface area contributed by atoms with Crippen LogP contribution in [0.5, 0.6) is 0 Å². The van der Waals surface area contributed by atoms with Crippen LogP contribution in [0.15, 0.2) is 42.5 Å². The second kappa shape index (κ2) is 7.45. The molecule has 29 heavy (non-hydrogen) atoms. The fourth-order valence-corrected chi connectivity index (χ4v) is 5.30. The Balaban J connectivity index is 1.19. The van der Waals surface area contributed by atoms with E-state index in [-0.39, 0.29) is 29.8 Å². The molecule has 1 aliphatic carbocycles. The van der Waals surface area contributed by atoms with Crippen LogP contribution in [0.2, 0.25) is 0 Å². The lowest BCUT2D eigenvalue weighted by molar-refractivity contribution is -0.146. The summed E-state index contributed by atoms with van der Waals surface area (Å²) in [6.45, 7) is 1.98. The molecule has 3 fully saturated rings. The molecule has 3 aliphatic rings. The van der Waals surface area contributed by atoms with Crippen LogP contribution in [-0.4, -0.2) is 47.7 Å². The Morgan fingerprint density at radius 1 is 0.966 bits per heavy atom. The molecule has 1 amide bonds. The average molecular weight is 393 g/mol. The molecule has 5 nitrogen and oxygen atoms in total. The summed E-state index contributed by atoms with van der Waals surface area (Å²) in [5.74, 6) is -0.186. The summed E-state index contributed by atoms with van der Waals surface area (Å²) in [4.78, 5) is 26.4. The van der Waals surface area contributed by atoms with Crippen molar-refractivity contribution in [3.05, 3.63) is 48.0 Å². The molecule has 2 heterocycles. The molecule has 2 saturated heterocycles. The van der Waals surface area contributed by atoms with Crippen molar-refractivity contribution in [3.8, 4) is 0 Å². The van der Waals surface area contributed by atoms with E-state index in [1.807, 2.05) is 11.0 Å². The number of ether oxygens (including phenoxy) is 1. The molecule has 4 atom stereocenters. The first-order valence-electron chi connectivity index (χ1n) is 10.7. The lowest BCUT2D eigenvalue weighted by Crippen LogP contribution is -2.44. The van der Waals surface area contributed by atoms with Gasteiger partial charge in [-0.2, -0.15) is 0 Å². The van der Waals surface area contributed by atoms with Crippen LogP contribution in [-0.2, 0) is 14.3 Å². The minimum atomic E-state index is -0.748. The molecule has 0 bridgehead atoms. The Kier molecular flexibility index (Phi) is 4.78. The molecule has 3 unspecified atom stereocenters. The molecule has 0 radical (unpaired) electrons. The zero-order valence-electron chi connectivity index (χ0n) is 16.5. The highest BCUT2D eigenvalue weighted by Gasteiger charge is 2.47. The van der Waals surface area contributed by atoms with Crippen molar-refractivity contribution in [2.75, 3.05) is 19.7 Å². The molecule has 1 saturated carbocycles. The van der Waals surface area contributed by atoms with Crippen LogP contribution in [0.4, 0.5) is 0 Å². The number of carboxylic acid groups (broad SMARTS) is 1. The first-order chi connectivity index (χ1) is 14.1. The Bertz CT molecular complexity index is 933. The zero-order valence-corrected chi connectivity index (χ0v) is 16.5. The van der Waals surface area contributed by atoms with Crippen molar-refractivity contribution in [1.82, 2.24) is 4.90 Å². The standard InChI is InChI=1S/C24H27NO4/c26-23(21-14-20(21)18-6-5-15-3-1-2-4-17(15)13-18)25-10-7-16(8-11-25)22-19(24(27)28)9-12-29-22/h1-6,13,16,19-22H,7-12,14H2,(H,27,28)/t19?,20?,21?,22-/m0/s1. The Morgan fingerprint density at radius 2 is 1.72 bits per heavy atom. The summed E-state index contributed by atoms with van der Waals surface area (Å²) in [6, 6.07) is 14.9. The number of hydrogen-bond donors (Lipinski definition) is 1. The average Bonchev–Trinajstić information content (AvgIpc) is 3.40. The summed E-state index contributed by atoms with van der Waals surface area (Å²) in [7, 11) is 0. The number of piperidine rings is 1. The molecule has 2 aliphatic heterocycles. The number of fused-ring (bicyclic) bond motifs is 1. The molecular formula is C24H27NO4. The van der Waals surface area contributed by atoms with E-state index in [9.17, 15) is 14.7 Å². The lowest BCUT2D eigenvalue weighted by Gasteiger charge is -2.35. The fourth-order valence-electron chi connectivity index (χ4n) is 5.30. The minimum absolute atomic E-state index is 0.0993. The second-order valence-corrected chi connectivity index (χ2v) is 8.79. The number of carboxylic acids is 1. The molecule has 152 valence electrons. The third-order valence-electron chi connectivity index (χ3n) is 7.08. The summed E-state index contributed by atoms with van der Waals surface area (Å²) in [5, 5.41) is 11.9. The molecule has 0 aromatic heterocycles. The van der Waals surface area contributed by atoms with E-state index in [2.05, 4.69) is 36.4 Å². The SMILES string of the molecule is O=C(O)C1CCO[C@H]1C1CCN(C(=O)C2CC2c2ccc3ccccc3c2)CC1. The van der Waals surface area contributed by atoms with E-state index < -0.39 is 5.97 Å². The number of amides is 1. The van der Waals surface area contributed by atoms with Gasteiger partial charge in [-0.25, -0.2) is 0 Å². The smallest absolute Gasteiger partial charge is 0.309 e. The summed E-state index contributed by atoms with van der Waals surface area (Å²) in [6.07, 6.45) is 3.04. The predicted octanol–water partition coefficient (Wildman–Crippen LogP) is 3.67. The van der Waals surface area contributed by atoms with Crippen molar-refractivity contribution >= 4 is 22.6 Å². The summed E-state index contributed by atoms with van der Waals surface area (Å²) in [5.41, 5.74) is 1.26. The number of likely N-dealkylation sites (tertiary alicyclic amines) is 1. The topological polar surface area (TPSA) is 66.8 Å². The van der Waals surface area contributed by atoms with Gasteiger partial charge in [-0.1, -0.05) is 42.5 Å². The highest BCUT2D eigenvalue weighted by atomic mass is 16.5. The number of nitrogens with zero attached hydrogens (tertiary/aromatic N) is 1. The number of aliphatic carboxylic acids is 1. The molecule has 0 spiro atoms. The van der Waals surface area contributed by atoms with E-state index in [1.165, 1.54) is 16.3 Å². The third kappa shape index (κ3) is 3.52. The molecule has 5 heteroatoms. The highest BCUT2D eigenvalue weighted by molar-refractivity contribution is 5.86. The van der Waals surface area contributed by atoms with Crippen molar-refractivity contribution in [3.63, 3.8) is 0 Å². The van der Waals surface area contributed by atoms with Crippen LogP contribution in [0.1, 0.15) is 37.2 Å². The quantitative estimate of drug-likeness (QED) is 0.861. The molecule has 2 aromatic carbocycles. The molecule has 1 N–H and O–H groups in total. The number of hydrogen-bond acceptors (Lipinski definition) is 3. The van der Waals surface area contributed by atoms with Gasteiger partial charge in [0.25, 0.3) is 0 Å². The fraction of sp³-hybridized carbons (Fsp3) is 0.500. The van der Waals surface area contributed by atoms with Crippen molar-refractivity contribution < 1.29 is 19.4 Å². The minimum Gasteiger partial charge on any atom is -0.481 e. The normalized spacial score (nSPS) is 29.9. The van der Waals surface area contributed by atoms with Gasteiger partial charge in [-0.3, -0.25) is 9.59 Å². The van der Waals surface area contributed by atoms with Crippen LogP contribution >= 0.6 is 0 Å². The first kappa shape index (κ1) is 18.6. The van der Waals surface area contributed by atoms with E-state index in [0.29, 0.717) is 18.9 Å². The van der Waals surface area contributed by atoms with Gasteiger partial charge >= 0.3 is 5.97 Å². The third-order valence-corrected chi connectivity index (χ3v) is 7.08. The van der Waals surface area contributed by atoms with Gasteiger partial charge in [-0.15, -0.1) is 0 Å². The van der Waals surface area contributed by atoms with Gasteiger partial charge in [0.05, 0.1) is 12.0 Å². The van der Waals surface area contributed by atoms with Crippen molar-refractivity contribution in [1.29, 1.82) is 0 Å². The van der Waals surface area contributed by atoms with Gasteiger partial charge in [-0.05, 0) is 53.9 Å². The van der Waals surface area contributed by atoms with Crippen molar-refractivity contribution in [2.24, 2.45) is 17.8 Å². The maximum Gasteiger partial charge on any atom is 0.309 e. The second-order valence-electron chi connectivity index (χ2n) is 8.79. The van der Waals surface area contributed by atoms with Gasteiger partial charge in [0.2, 0.25) is 5.91 Å². The Hall–Kier alpha value is -2.40. The van der Waals surface area contributed by atoms with E-state index in [1.54, 1.807) is 0 Å². The Labute approximate surface area is 170 Å². The van der Waals surface area contributed by atoms with Crippen molar-refractivity contribution in [2.45, 2.75) is 37.7 Å². The number of benzene rings is 2. The maximum absolute atomic E-state index is 13.0. The summed E-state index contributed by atoms with van der Waals surface area (Å²) < 4.78 is 5.75. The van der Waals surface area contributed by atoms with Gasteiger partial charge in [0, 0.05) is 25.6 Å². The zero-order chi connectivity index (χ0) is 20.0. The number of rotatable bonds is 4. The first-order valence-corrected chi connectivity index (χ1v) is 10.7. The predicted molar refractivity (Wildman–Crippen MR) is 110 cm³/mol. The largest absolute Gasteiger partial charge is 0.481 e. The number of carbonyl (C=O) groups is 2. The highest BCUT2D eigenvalue weighted by Crippen LogP contribution is 2.49. The van der Waals surface area contributed by atoms with Gasteiger partial charge in [0.15, 0.2) is 0 Å².